The van der Waals surface area contributed by atoms with E-state index in [1.807, 2.05) is 37.3 Å². The van der Waals surface area contributed by atoms with E-state index in [1.54, 1.807) is 13.1 Å². The van der Waals surface area contributed by atoms with Crippen molar-refractivity contribution >= 4 is 28.9 Å². The maximum atomic E-state index is 12.0. The van der Waals surface area contributed by atoms with Gasteiger partial charge in [-0.15, -0.1) is 11.3 Å². The Kier molecular flexibility index (Phi) is 4.75. The average Bonchev–Trinajstić information content (AvgIpc) is 2.93. The Morgan fingerprint density at radius 3 is 2.48 bits per heavy atom. The summed E-state index contributed by atoms with van der Waals surface area (Å²) in [5.74, 6) is -1.08. The number of amides is 1. The van der Waals surface area contributed by atoms with Crippen molar-refractivity contribution in [3.05, 3.63) is 41.3 Å². The Labute approximate surface area is 127 Å². The van der Waals surface area contributed by atoms with Gasteiger partial charge in [0, 0.05) is 18.3 Å². The van der Waals surface area contributed by atoms with Crippen molar-refractivity contribution in [1.82, 2.24) is 0 Å². The van der Waals surface area contributed by atoms with Gasteiger partial charge in [0.1, 0.15) is 4.88 Å². The minimum absolute atomic E-state index is 0.0718. The van der Waals surface area contributed by atoms with E-state index in [9.17, 15) is 14.7 Å². The van der Waals surface area contributed by atoms with Crippen LogP contribution in [0.3, 0.4) is 0 Å². The zero-order valence-corrected chi connectivity index (χ0v) is 12.8. The summed E-state index contributed by atoms with van der Waals surface area (Å²) in [6.45, 7) is 1.92. The number of hydrogen-bond donors (Lipinski definition) is 1. The molecule has 0 aliphatic rings. The van der Waals surface area contributed by atoms with Gasteiger partial charge in [-0.2, -0.15) is 0 Å². The van der Waals surface area contributed by atoms with E-state index in [-0.39, 0.29) is 10.8 Å². The van der Waals surface area contributed by atoms with Gasteiger partial charge in [0.25, 0.3) is 0 Å². The molecule has 1 aromatic carbocycles. The Morgan fingerprint density at radius 2 is 1.90 bits per heavy atom. The molecule has 1 amide bonds. The maximum Gasteiger partial charge on any atom is 0.348 e. The Balaban J connectivity index is 2.43. The molecular weight excluding hydrogens is 286 g/mol. The summed E-state index contributed by atoms with van der Waals surface area (Å²) < 4.78 is 0. The van der Waals surface area contributed by atoms with E-state index < -0.39 is 5.97 Å². The third kappa shape index (κ3) is 3.31. The van der Waals surface area contributed by atoms with Gasteiger partial charge in [-0.1, -0.05) is 37.3 Å². The summed E-state index contributed by atoms with van der Waals surface area (Å²) in [6, 6.07) is 11.3. The molecule has 0 unspecified atom stereocenters. The molecule has 0 bridgehead atoms. The van der Waals surface area contributed by atoms with Crippen molar-refractivity contribution in [2.45, 2.75) is 19.8 Å². The molecule has 5 heteroatoms. The fourth-order valence-electron chi connectivity index (χ4n) is 2.04. The third-order valence-corrected chi connectivity index (χ3v) is 4.33. The summed E-state index contributed by atoms with van der Waals surface area (Å²) in [5, 5.41) is 9.36. The zero-order chi connectivity index (χ0) is 15.4. The van der Waals surface area contributed by atoms with Gasteiger partial charge in [-0.25, -0.2) is 4.79 Å². The number of benzene rings is 1. The van der Waals surface area contributed by atoms with Crippen molar-refractivity contribution in [2.75, 3.05) is 11.9 Å². The van der Waals surface area contributed by atoms with Gasteiger partial charge in [0.05, 0.1) is 5.69 Å². The van der Waals surface area contributed by atoms with Gasteiger partial charge >= 0.3 is 5.97 Å². The van der Waals surface area contributed by atoms with Crippen molar-refractivity contribution in [3.8, 4) is 10.4 Å². The van der Waals surface area contributed by atoms with Crippen LogP contribution in [0, 0.1) is 0 Å². The highest BCUT2D eigenvalue weighted by molar-refractivity contribution is 7.18. The number of aromatic carboxylic acids is 1. The second-order valence-electron chi connectivity index (χ2n) is 4.70. The summed E-state index contributed by atoms with van der Waals surface area (Å²) in [4.78, 5) is 25.9. The van der Waals surface area contributed by atoms with Gasteiger partial charge in [0.15, 0.2) is 0 Å². The van der Waals surface area contributed by atoms with E-state index in [0.717, 1.165) is 16.9 Å². The molecule has 0 saturated heterocycles. The molecule has 1 aromatic heterocycles. The highest BCUT2D eigenvalue weighted by Gasteiger charge is 2.22. The molecule has 0 saturated carbocycles. The molecule has 4 nitrogen and oxygen atoms in total. The molecular formula is C16H17NO3S. The van der Waals surface area contributed by atoms with Gasteiger partial charge in [-0.3, -0.25) is 4.79 Å². The van der Waals surface area contributed by atoms with Crippen LogP contribution in [-0.2, 0) is 4.79 Å². The molecule has 110 valence electrons. The number of carbonyl (C=O) groups excluding carboxylic acids is 1. The number of carboxylic acid groups (broad SMARTS) is 1. The number of carbonyl (C=O) groups is 2. The summed E-state index contributed by atoms with van der Waals surface area (Å²) in [6.07, 6.45) is 1.15. The fourth-order valence-corrected chi connectivity index (χ4v) is 3.08. The highest BCUT2D eigenvalue weighted by Crippen LogP contribution is 2.36. The highest BCUT2D eigenvalue weighted by atomic mass is 32.1. The molecule has 0 spiro atoms. The van der Waals surface area contributed by atoms with Crippen LogP contribution in [0.5, 0.6) is 0 Å². The van der Waals surface area contributed by atoms with Crippen LogP contribution < -0.4 is 4.90 Å². The molecule has 1 heterocycles. The summed E-state index contributed by atoms with van der Waals surface area (Å²) in [5.41, 5.74) is 1.41. The third-order valence-electron chi connectivity index (χ3n) is 3.16. The maximum absolute atomic E-state index is 12.0. The predicted octanol–water partition coefficient (Wildman–Crippen LogP) is 3.88. The monoisotopic (exact) mass is 303 g/mol. The summed E-state index contributed by atoms with van der Waals surface area (Å²) >= 11 is 1.19. The van der Waals surface area contributed by atoms with Gasteiger partial charge in [0.2, 0.25) is 5.91 Å². The van der Waals surface area contributed by atoms with E-state index in [4.69, 9.17) is 0 Å². The molecule has 2 aromatic rings. The van der Waals surface area contributed by atoms with Crippen LogP contribution >= 0.6 is 11.3 Å². The zero-order valence-electron chi connectivity index (χ0n) is 12.0. The van der Waals surface area contributed by atoms with Crippen LogP contribution in [-0.4, -0.2) is 24.0 Å². The number of nitrogens with zero attached hydrogens (tertiary/aromatic N) is 1. The average molecular weight is 303 g/mol. The lowest BCUT2D eigenvalue weighted by Gasteiger charge is -2.16. The van der Waals surface area contributed by atoms with Crippen LogP contribution in [0.15, 0.2) is 36.4 Å². The molecule has 0 fully saturated rings. The number of carboxylic acids is 1. The van der Waals surface area contributed by atoms with Crippen LogP contribution in [0.25, 0.3) is 10.4 Å². The lowest BCUT2D eigenvalue weighted by molar-refractivity contribution is -0.118. The molecule has 0 aliphatic heterocycles. The smallest absolute Gasteiger partial charge is 0.348 e. The quantitative estimate of drug-likeness (QED) is 0.912. The first-order valence-corrected chi connectivity index (χ1v) is 7.55. The minimum atomic E-state index is -1.01. The second-order valence-corrected chi connectivity index (χ2v) is 5.75. The first-order valence-electron chi connectivity index (χ1n) is 6.73. The van der Waals surface area contributed by atoms with E-state index in [2.05, 4.69) is 0 Å². The van der Waals surface area contributed by atoms with Gasteiger partial charge < -0.3 is 10.0 Å². The molecule has 0 radical (unpaired) electrons. The van der Waals surface area contributed by atoms with E-state index in [0.29, 0.717) is 12.1 Å². The molecule has 2 rings (SSSR count). The fraction of sp³-hybridized carbons (Fsp3) is 0.250. The number of thiophene rings is 1. The minimum Gasteiger partial charge on any atom is -0.477 e. The molecule has 0 aliphatic carbocycles. The first kappa shape index (κ1) is 15.3. The lowest BCUT2D eigenvalue weighted by atomic mass is 10.2. The SMILES string of the molecule is CCCC(=O)N(C)c1cc(-c2ccccc2)sc1C(=O)O. The standard InChI is InChI=1S/C16H17NO3S/c1-3-7-14(18)17(2)12-10-13(21-15(12)16(19)20)11-8-5-4-6-9-11/h4-6,8-10H,3,7H2,1-2H3,(H,19,20). The van der Waals surface area contributed by atoms with Crippen LogP contribution in [0.2, 0.25) is 0 Å². The first-order chi connectivity index (χ1) is 10.0. The number of hydrogen-bond acceptors (Lipinski definition) is 3. The van der Waals surface area contributed by atoms with Crippen molar-refractivity contribution < 1.29 is 14.7 Å². The lowest BCUT2D eigenvalue weighted by Crippen LogP contribution is -2.26. The Morgan fingerprint density at radius 1 is 1.24 bits per heavy atom. The van der Waals surface area contributed by atoms with Crippen molar-refractivity contribution in [3.63, 3.8) is 0 Å². The number of rotatable bonds is 5. The predicted molar refractivity (Wildman–Crippen MR) is 85.0 cm³/mol. The molecule has 0 atom stereocenters. The topological polar surface area (TPSA) is 57.6 Å². The normalized spacial score (nSPS) is 10.4. The Hall–Kier alpha value is -2.14. The van der Waals surface area contributed by atoms with Crippen molar-refractivity contribution in [2.24, 2.45) is 0 Å². The van der Waals surface area contributed by atoms with Crippen molar-refractivity contribution in [1.29, 1.82) is 0 Å². The summed E-state index contributed by atoms with van der Waals surface area (Å²) in [7, 11) is 1.63. The molecule has 21 heavy (non-hydrogen) atoms. The Bertz CT molecular complexity index is 649. The second kappa shape index (κ2) is 6.54. The van der Waals surface area contributed by atoms with Crippen LogP contribution in [0.4, 0.5) is 5.69 Å². The van der Waals surface area contributed by atoms with E-state index in [1.165, 1.54) is 16.2 Å². The van der Waals surface area contributed by atoms with E-state index >= 15 is 0 Å². The van der Waals surface area contributed by atoms with Gasteiger partial charge in [-0.05, 0) is 18.1 Å². The molecule has 1 N–H and O–H groups in total. The van der Waals surface area contributed by atoms with Crippen LogP contribution in [0.1, 0.15) is 29.4 Å². The number of anilines is 1. The largest absolute Gasteiger partial charge is 0.477 e.